The van der Waals surface area contributed by atoms with Gasteiger partial charge in [-0.05, 0) is 38.4 Å². The van der Waals surface area contributed by atoms with E-state index in [1.807, 2.05) is 0 Å². The van der Waals surface area contributed by atoms with Crippen molar-refractivity contribution in [2.75, 3.05) is 24.5 Å². The van der Waals surface area contributed by atoms with Crippen LogP contribution in [0.15, 0.2) is 12.1 Å². The van der Waals surface area contributed by atoms with Crippen LogP contribution in [0, 0.1) is 5.82 Å². The molecule has 0 saturated carbocycles. The molecule has 2 fully saturated rings. The molecular formula is C15H19Cl2FN2. The quantitative estimate of drug-likeness (QED) is 0.717. The van der Waals surface area contributed by atoms with Crippen LogP contribution < -0.4 is 4.90 Å². The van der Waals surface area contributed by atoms with Crippen LogP contribution in [0.25, 0.3) is 0 Å². The van der Waals surface area contributed by atoms with Gasteiger partial charge in [0.25, 0.3) is 0 Å². The van der Waals surface area contributed by atoms with Gasteiger partial charge in [0.2, 0.25) is 0 Å². The zero-order valence-electron chi connectivity index (χ0n) is 11.6. The van der Waals surface area contributed by atoms with Gasteiger partial charge in [-0.2, -0.15) is 0 Å². The van der Waals surface area contributed by atoms with Gasteiger partial charge in [-0.15, -0.1) is 0 Å². The summed E-state index contributed by atoms with van der Waals surface area (Å²) in [6.07, 6.45) is 3.84. The van der Waals surface area contributed by atoms with E-state index in [0.717, 1.165) is 18.8 Å². The highest BCUT2D eigenvalue weighted by atomic mass is 35.5. The number of nitrogens with zero attached hydrogens (tertiary/aromatic N) is 2. The summed E-state index contributed by atoms with van der Waals surface area (Å²) in [4.78, 5) is 4.89. The molecule has 0 spiro atoms. The number of fused-ring (bicyclic) bond motifs is 1. The van der Waals surface area contributed by atoms with Crippen molar-refractivity contribution < 1.29 is 4.39 Å². The number of halogens is 3. The van der Waals surface area contributed by atoms with E-state index in [0.29, 0.717) is 12.1 Å². The Labute approximate surface area is 129 Å². The predicted molar refractivity (Wildman–Crippen MR) is 82.4 cm³/mol. The highest BCUT2D eigenvalue weighted by Crippen LogP contribution is 2.33. The van der Waals surface area contributed by atoms with Gasteiger partial charge >= 0.3 is 0 Å². The summed E-state index contributed by atoms with van der Waals surface area (Å²) in [7, 11) is 0. The van der Waals surface area contributed by atoms with Gasteiger partial charge in [0, 0.05) is 30.9 Å². The molecule has 1 aromatic carbocycles. The van der Waals surface area contributed by atoms with Crippen LogP contribution in [0.2, 0.25) is 10.0 Å². The van der Waals surface area contributed by atoms with E-state index in [4.69, 9.17) is 23.2 Å². The lowest BCUT2D eigenvalue weighted by Crippen LogP contribution is -2.58. The van der Waals surface area contributed by atoms with Gasteiger partial charge in [-0.3, -0.25) is 4.90 Å². The lowest BCUT2D eigenvalue weighted by atomic mass is 9.96. The molecule has 2 heterocycles. The van der Waals surface area contributed by atoms with Crippen molar-refractivity contribution in [2.45, 2.75) is 38.3 Å². The van der Waals surface area contributed by atoms with Crippen molar-refractivity contribution in [1.82, 2.24) is 4.90 Å². The average molecular weight is 317 g/mol. The van der Waals surface area contributed by atoms with Crippen molar-refractivity contribution in [2.24, 2.45) is 0 Å². The highest BCUT2D eigenvalue weighted by Gasteiger charge is 2.33. The average Bonchev–Trinajstić information content (AvgIpc) is 2.43. The molecule has 0 aromatic heterocycles. The summed E-state index contributed by atoms with van der Waals surface area (Å²) in [5.74, 6) is -0.527. The summed E-state index contributed by atoms with van der Waals surface area (Å²) in [5.41, 5.74) is 0.930. The Morgan fingerprint density at radius 3 is 2.55 bits per heavy atom. The Morgan fingerprint density at radius 2 is 1.85 bits per heavy atom. The maximum atomic E-state index is 13.6. The molecule has 0 radical (unpaired) electrons. The van der Waals surface area contributed by atoms with Crippen molar-refractivity contribution in [1.29, 1.82) is 0 Å². The first kappa shape index (κ1) is 14.4. The second-order valence-corrected chi connectivity index (χ2v) is 6.68. The first-order valence-electron chi connectivity index (χ1n) is 7.21. The van der Waals surface area contributed by atoms with E-state index in [9.17, 15) is 4.39 Å². The van der Waals surface area contributed by atoms with Crippen molar-refractivity contribution in [3.63, 3.8) is 0 Å². The smallest absolute Gasteiger partial charge is 0.160 e. The number of hydrogen-bond donors (Lipinski definition) is 0. The summed E-state index contributed by atoms with van der Waals surface area (Å²) >= 11 is 11.9. The molecule has 0 aliphatic carbocycles. The van der Waals surface area contributed by atoms with E-state index in [1.54, 1.807) is 12.1 Å². The van der Waals surface area contributed by atoms with Gasteiger partial charge in [0.15, 0.2) is 5.82 Å². The number of hydrogen-bond acceptors (Lipinski definition) is 2. The molecule has 0 bridgehead atoms. The van der Waals surface area contributed by atoms with E-state index < -0.39 is 5.82 Å². The predicted octanol–water partition coefficient (Wildman–Crippen LogP) is 4.20. The second-order valence-electron chi connectivity index (χ2n) is 5.87. The fourth-order valence-corrected chi connectivity index (χ4v) is 3.90. The molecule has 0 N–H and O–H groups in total. The summed E-state index contributed by atoms with van der Waals surface area (Å²) in [5, 5.41) is 0.205. The van der Waals surface area contributed by atoms with Crippen molar-refractivity contribution >= 4 is 28.9 Å². The number of piperidine rings is 1. The van der Waals surface area contributed by atoms with Crippen LogP contribution in [0.1, 0.15) is 26.2 Å². The Kier molecular flexibility index (Phi) is 4.11. The van der Waals surface area contributed by atoms with E-state index >= 15 is 0 Å². The lowest BCUT2D eigenvalue weighted by molar-refractivity contribution is 0.115. The summed E-state index contributed by atoms with van der Waals surface area (Å²) < 4.78 is 13.6. The maximum Gasteiger partial charge on any atom is 0.160 e. The van der Waals surface area contributed by atoms with Crippen LogP contribution >= 0.6 is 23.2 Å². The molecule has 5 heteroatoms. The zero-order chi connectivity index (χ0) is 14.3. The fraction of sp³-hybridized carbons (Fsp3) is 0.600. The van der Waals surface area contributed by atoms with Crippen molar-refractivity contribution in [3.05, 3.63) is 28.0 Å². The second kappa shape index (κ2) is 5.70. The van der Waals surface area contributed by atoms with Gasteiger partial charge in [-0.25, -0.2) is 4.39 Å². The third kappa shape index (κ3) is 2.63. The molecule has 20 heavy (non-hydrogen) atoms. The standard InChI is InChI=1S/C15H19Cl2FN2/c1-10-8-19-5-3-2-4-11(19)9-20(10)12-6-13(16)15(18)14(17)7-12/h6-7,10-11H,2-5,8-9H2,1H3. The number of anilines is 1. The Hall–Kier alpha value is -0.510. The highest BCUT2D eigenvalue weighted by molar-refractivity contribution is 6.35. The molecule has 2 saturated heterocycles. The van der Waals surface area contributed by atoms with Crippen LogP contribution in [0.3, 0.4) is 0 Å². The molecule has 2 atom stereocenters. The number of piperazine rings is 1. The Bertz CT molecular complexity index is 486. The fourth-order valence-electron chi connectivity index (χ4n) is 3.42. The lowest BCUT2D eigenvalue weighted by Gasteiger charge is -2.48. The first-order valence-corrected chi connectivity index (χ1v) is 7.97. The van der Waals surface area contributed by atoms with Crippen LogP contribution in [0.4, 0.5) is 10.1 Å². The minimum atomic E-state index is -0.527. The van der Waals surface area contributed by atoms with Crippen LogP contribution in [-0.2, 0) is 0 Å². The normalized spacial score (nSPS) is 27.5. The van der Waals surface area contributed by atoms with Crippen LogP contribution in [0.5, 0.6) is 0 Å². The van der Waals surface area contributed by atoms with Gasteiger partial charge in [0.05, 0.1) is 10.0 Å². The van der Waals surface area contributed by atoms with Crippen molar-refractivity contribution in [3.8, 4) is 0 Å². The minimum Gasteiger partial charge on any atom is -0.366 e. The molecule has 110 valence electrons. The first-order chi connectivity index (χ1) is 9.56. The minimum absolute atomic E-state index is 0.103. The molecule has 2 aliphatic rings. The monoisotopic (exact) mass is 316 g/mol. The number of benzene rings is 1. The maximum absolute atomic E-state index is 13.6. The molecule has 0 amide bonds. The van der Waals surface area contributed by atoms with Gasteiger partial charge in [-0.1, -0.05) is 29.6 Å². The molecule has 2 nitrogen and oxygen atoms in total. The summed E-state index contributed by atoms with van der Waals surface area (Å²) in [6, 6.07) is 4.37. The molecular weight excluding hydrogens is 298 g/mol. The third-order valence-corrected chi connectivity index (χ3v) is 5.04. The molecule has 1 aromatic rings. The van der Waals surface area contributed by atoms with Crippen LogP contribution in [-0.4, -0.2) is 36.6 Å². The SMILES string of the molecule is CC1CN2CCCCC2CN1c1cc(Cl)c(F)c(Cl)c1. The Morgan fingerprint density at radius 1 is 1.15 bits per heavy atom. The van der Waals surface area contributed by atoms with E-state index in [2.05, 4.69) is 16.7 Å². The number of rotatable bonds is 1. The molecule has 2 unspecified atom stereocenters. The Balaban J connectivity index is 1.86. The van der Waals surface area contributed by atoms with E-state index in [-0.39, 0.29) is 10.0 Å². The zero-order valence-corrected chi connectivity index (χ0v) is 13.1. The van der Waals surface area contributed by atoms with E-state index in [1.165, 1.54) is 25.8 Å². The topological polar surface area (TPSA) is 6.48 Å². The van der Waals surface area contributed by atoms with Gasteiger partial charge in [0.1, 0.15) is 0 Å². The molecule has 3 rings (SSSR count). The largest absolute Gasteiger partial charge is 0.366 e. The molecule has 2 aliphatic heterocycles. The third-order valence-electron chi connectivity index (χ3n) is 4.49. The summed E-state index contributed by atoms with van der Waals surface area (Å²) in [6.45, 7) is 5.43. The van der Waals surface area contributed by atoms with Gasteiger partial charge < -0.3 is 4.90 Å².